The number of aromatic nitrogens is 3. The average molecular weight is 301 g/mol. The minimum absolute atomic E-state index is 0.151. The van der Waals surface area contributed by atoms with E-state index in [1.54, 1.807) is 18.5 Å². The van der Waals surface area contributed by atoms with E-state index in [0.29, 0.717) is 16.2 Å². The van der Waals surface area contributed by atoms with Crippen molar-refractivity contribution in [3.8, 4) is 0 Å². The number of carbonyl (C=O) groups excluding carboxylic acids is 1. The third-order valence-corrected chi connectivity index (χ3v) is 3.49. The molecule has 0 saturated carbocycles. The van der Waals surface area contributed by atoms with Gasteiger partial charge in [0.15, 0.2) is 0 Å². The predicted molar refractivity (Wildman–Crippen MR) is 81.2 cm³/mol. The molecule has 1 amide bonds. The number of fused-ring (bicyclic) bond motifs is 1. The topological polar surface area (TPSA) is 70.7 Å². The molecule has 5 nitrogen and oxygen atoms in total. The number of hydrogen-bond acceptors (Lipinski definition) is 3. The molecule has 21 heavy (non-hydrogen) atoms. The molecule has 2 heterocycles. The molecule has 0 aliphatic carbocycles. The Balaban J connectivity index is 1.94. The summed E-state index contributed by atoms with van der Waals surface area (Å²) in [5, 5.41) is 10.6. The second-order valence-corrected chi connectivity index (χ2v) is 5.12. The summed E-state index contributed by atoms with van der Waals surface area (Å²) in [7, 11) is 0. The number of nitrogens with one attached hydrogen (secondary N) is 2. The maximum absolute atomic E-state index is 12.5. The first-order valence-corrected chi connectivity index (χ1v) is 6.88. The van der Waals surface area contributed by atoms with Crippen molar-refractivity contribution in [2.75, 3.05) is 0 Å². The number of amides is 1. The Morgan fingerprint density at radius 3 is 2.95 bits per heavy atom. The lowest BCUT2D eigenvalue weighted by Crippen LogP contribution is -2.26. The Hall–Kier alpha value is -2.40. The normalized spacial score (nSPS) is 12.3. The van der Waals surface area contributed by atoms with Gasteiger partial charge in [0.2, 0.25) is 0 Å². The van der Waals surface area contributed by atoms with Crippen LogP contribution in [0.25, 0.3) is 10.9 Å². The number of pyridine rings is 1. The molecule has 2 aromatic heterocycles. The summed E-state index contributed by atoms with van der Waals surface area (Å²) in [4.78, 5) is 16.7. The summed E-state index contributed by atoms with van der Waals surface area (Å²) in [6.45, 7) is 1.90. The lowest BCUT2D eigenvalue weighted by atomic mass is 10.1. The molecular formula is C15H13ClN4O. The van der Waals surface area contributed by atoms with E-state index in [4.69, 9.17) is 11.6 Å². The fraction of sp³-hybridized carbons (Fsp3) is 0.133. The smallest absolute Gasteiger partial charge is 0.252 e. The SMILES string of the molecule is CC(NC(=O)c1cc(Cl)nc2ccccc12)c1cn[nH]c1. The molecule has 2 N–H and O–H groups in total. The Morgan fingerprint density at radius 1 is 1.38 bits per heavy atom. The Kier molecular flexibility index (Phi) is 3.58. The average Bonchev–Trinajstić information content (AvgIpc) is 3.00. The molecule has 1 aromatic carbocycles. The highest BCUT2D eigenvalue weighted by atomic mass is 35.5. The van der Waals surface area contributed by atoms with Crippen LogP contribution in [-0.4, -0.2) is 21.1 Å². The number of hydrogen-bond donors (Lipinski definition) is 2. The molecule has 0 aliphatic rings. The van der Waals surface area contributed by atoms with Crippen LogP contribution in [0.3, 0.4) is 0 Å². The third kappa shape index (κ3) is 2.73. The minimum Gasteiger partial charge on any atom is -0.345 e. The molecule has 3 rings (SSSR count). The number of nitrogens with zero attached hydrogens (tertiary/aromatic N) is 2. The van der Waals surface area contributed by atoms with Crippen molar-refractivity contribution in [2.24, 2.45) is 0 Å². The van der Waals surface area contributed by atoms with Crippen LogP contribution in [-0.2, 0) is 0 Å². The van der Waals surface area contributed by atoms with Gasteiger partial charge in [-0.15, -0.1) is 0 Å². The molecule has 0 bridgehead atoms. The molecule has 0 radical (unpaired) electrons. The van der Waals surface area contributed by atoms with E-state index >= 15 is 0 Å². The van der Waals surface area contributed by atoms with Crippen LogP contribution in [0, 0.1) is 0 Å². The number of rotatable bonds is 3. The second-order valence-electron chi connectivity index (χ2n) is 4.74. The van der Waals surface area contributed by atoms with Gasteiger partial charge in [0, 0.05) is 17.1 Å². The molecule has 0 saturated heterocycles. The highest BCUT2D eigenvalue weighted by Crippen LogP contribution is 2.21. The molecule has 1 atom stereocenters. The zero-order chi connectivity index (χ0) is 14.8. The van der Waals surface area contributed by atoms with Crippen molar-refractivity contribution >= 4 is 28.4 Å². The van der Waals surface area contributed by atoms with Crippen LogP contribution < -0.4 is 5.32 Å². The number of halogens is 1. The monoisotopic (exact) mass is 300 g/mol. The van der Waals surface area contributed by atoms with Crippen molar-refractivity contribution in [1.82, 2.24) is 20.5 Å². The molecule has 0 aliphatic heterocycles. The lowest BCUT2D eigenvalue weighted by molar-refractivity contribution is 0.0941. The predicted octanol–water partition coefficient (Wildman–Crippen LogP) is 3.10. The number of aromatic amines is 1. The molecule has 0 spiro atoms. The van der Waals surface area contributed by atoms with Crippen molar-refractivity contribution in [3.63, 3.8) is 0 Å². The van der Waals surface area contributed by atoms with Crippen LogP contribution in [0.2, 0.25) is 5.15 Å². The van der Waals surface area contributed by atoms with E-state index in [9.17, 15) is 4.79 Å². The Labute approximate surface area is 126 Å². The van der Waals surface area contributed by atoms with E-state index in [1.807, 2.05) is 31.2 Å². The molecule has 3 aromatic rings. The van der Waals surface area contributed by atoms with Gasteiger partial charge in [0.25, 0.3) is 5.91 Å². The summed E-state index contributed by atoms with van der Waals surface area (Å²) in [6, 6.07) is 8.85. The minimum atomic E-state index is -0.191. The van der Waals surface area contributed by atoms with Gasteiger partial charge < -0.3 is 5.32 Å². The summed E-state index contributed by atoms with van der Waals surface area (Å²) < 4.78 is 0. The number of carbonyl (C=O) groups is 1. The van der Waals surface area contributed by atoms with Crippen molar-refractivity contribution < 1.29 is 4.79 Å². The molecular weight excluding hydrogens is 288 g/mol. The molecule has 1 unspecified atom stereocenters. The van der Waals surface area contributed by atoms with E-state index < -0.39 is 0 Å². The van der Waals surface area contributed by atoms with Crippen molar-refractivity contribution in [3.05, 3.63) is 59.0 Å². The summed E-state index contributed by atoms with van der Waals surface area (Å²) in [6.07, 6.45) is 3.44. The van der Waals surface area contributed by atoms with Crippen LogP contribution in [0.4, 0.5) is 0 Å². The molecule has 6 heteroatoms. The van der Waals surface area contributed by atoms with Crippen LogP contribution in [0.5, 0.6) is 0 Å². The zero-order valence-corrected chi connectivity index (χ0v) is 12.1. The quantitative estimate of drug-likeness (QED) is 0.730. The summed E-state index contributed by atoms with van der Waals surface area (Å²) >= 11 is 6.00. The fourth-order valence-electron chi connectivity index (χ4n) is 2.19. The zero-order valence-electron chi connectivity index (χ0n) is 11.3. The largest absolute Gasteiger partial charge is 0.345 e. The highest BCUT2D eigenvalue weighted by Gasteiger charge is 2.15. The van der Waals surface area contributed by atoms with E-state index in [-0.39, 0.29) is 11.9 Å². The van der Waals surface area contributed by atoms with Crippen LogP contribution in [0.15, 0.2) is 42.7 Å². The van der Waals surface area contributed by atoms with Crippen LogP contribution in [0.1, 0.15) is 28.9 Å². The Bertz CT molecular complexity index is 785. The van der Waals surface area contributed by atoms with Crippen molar-refractivity contribution in [1.29, 1.82) is 0 Å². The van der Waals surface area contributed by atoms with Gasteiger partial charge in [0.05, 0.1) is 23.3 Å². The van der Waals surface area contributed by atoms with Crippen LogP contribution >= 0.6 is 11.6 Å². The highest BCUT2D eigenvalue weighted by molar-refractivity contribution is 6.30. The van der Waals surface area contributed by atoms with Gasteiger partial charge in [0.1, 0.15) is 5.15 Å². The number of H-pyrrole nitrogens is 1. The maximum Gasteiger partial charge on any atom is 0.252 e. The summed E-state index contributed by atoms with van der Waals surface area (Å²) in [5.41, 5.74) is 2.12. The van der Waals surface area contributed by atoms with Gasteiger partial charge in [-0.1, -0.05) is 29.8 Å². The second kappa shape index (κ2) is 5.54. The van der Waals surface area contributed by atoms with Gasteiger partial charge in [-0.25, -0.2) is 4.98 Å². The fourth-order valence-corrected chi connectivity index (χ4v) is 2.39. The first kappa shape index (κ1) is 13.6. The standard InChI is InChI=1S/C15H13ClN4O/c1-9(10-7-17-18-8-10)19-15(21)12-6-14(16)20-13-5-3-2-4-11(12)13/h2-9H,1H3,(H,17,18)(H,19,21). The number of benzene rings is 1. The van der Waals surface area contributed by atoms with Gasteiger partial charge in [-0.2, -0.15) is 5.10 Å². The first-order chi connectivity index (χ1) is 10.1. The summed E-state index contributed by atoms with van der Waals surface area (Å²) in [5.74, 6) is -0.191. The maximum atomic E-state index is 12.5. The Morgan fingerprint density at radius 2 is 2.19 bits per heavy atom. The van der Waals surface area contributed by atoms with Gasteiger partial charge >= 0.3 is 0 Å². The third-order valence-electron chi connectivity index (χ3n) is 3.30. The van der Waals surface area contributed by atoms with Gasteiger partial charge in [-0.3, -0.25) is 9.89 Å². The lowest BCUT2D eigenvalue weighted by Gasteiger charge is -2.13. The molecule has 0 fully saturated rings. The van der Waals surface area contributed by atoms with Crippen molar-refractivity contribution in [2.45, 2.75) is 13.0 Å². The molecule has 106 valence electrons. The van der Waals surface area contributed by atoms with Gasteiger partial charge in [-0.05, 0) is 19.1 Å². The van der Waals surface area contributed by atoms with E-state index in [1.165, 1.54) is 0 Å². The van der Waals surface area contributed by atoms with E-state index in [2.05, 4.69) is 20.5 Å². The first-order valence-electron chi connectivity index (χ1n) is 6.50. The van der Waals surface area contributed by atoms with E-state index in [0.717, 1.165) is 10.9 Å². The number of para-hydroxylation sites is 1.